The molecule has 3 nitrogen and oxygen atoms in total. The van der Waals surface area contributed by atoms with E-state index in [1.165, 1.54) is 5.56 Å². The molecule has 1 aromatic rings. The highest BCUT2D eigenvalue weighted by Crippen LogP contribution is 2.32. The Morgan fingerprint density at radius 2 is 2.16 bits per heavy atom. The molecule has 2 atom stereocenters. The highest BCUT2D eigenvalue weighted by Gasteiger charge is 2.21. The number of rotatable bonds is 6. The minimum atomic E-state index is 0.204. The van der Waals surface area contributed by atoms with Crippen molar-refractivity contribution in [1.29, 1.82) is 0 Å². The second-order valence-electron chi connectivity index (χ2n) is 5.79. The zero-order valence-electron chi connectivity index (χ0n) is 11.9. The molecule has 0 bridgehead atoms. The number of aliphatic hydroxyl groups is 1. The number of ether oxygens (including phenoxy) is 1. The van der Waals surface area contributed by atoms with Gasteiger partial charge in [0.2, 0.25) is 0 Å². The van der Waals surface area contributed by atoms with Crippen LogP contribution in [0.5, 0.6) is 5.75 Å². The fourth-order valence-electron chi connectivity index (χ4n) is 2.73. The van der Waals surface area contributed by atoms with Crippen LogP contribution in [-0.4, -0.2) is 30.9 Å². The molecule has 2 rings (SSSR count). The molecule has 1 aliphatic heterocycles. The Bertz CT molecular complexity index is 392. The van der Waals surface area contributed by atoms with Crippen LogP contribution in [0, 0.1) is 5.92 Å². The summed E-state index contributed by atoms with van der Waals surface area (Å²) in [4.78, 5) is 0. The smallest absolute Gasteiger partial charge is 0.122 e. The van der Waals surface area contributed by atoms with E-state index >= 15 is 0 Å². The second kappa shape index (κ2) is 6.92. The van der Waals surface area contributed by atoms with Gasteiger partial charge in [0.15, 0.2) is 0 Å². The lowest BCUT2D eigenvalue weighted by Gasteiger charge is -2.28. The Kier molecular flexibility index (Phi) is 5.23. The first kappa shape index (κ1) is 14.4. The summed E-state index contributed by atoms with van der Waals surface area (Å²) in [6, 6.07) is 8.48. The number of benzene rings is 1. The summed E-state index contributed by atoms with van der Waals surface area (Å²) in [5.41, 5.74) is 1.29. The van der Waals surface area contributed by atoms with Gasteiger partial charge in [-0.1, -0.05) is 32.0 Å². The summed E-state index contributed by atoms with van der Waals surface area (Å²) in [7, 11) is 0. The number of hydrogen-bond donors (Lipinski definition) is 2. The summed E-state index contributed by atoms with van der Waals surface area (Å²) in [5, 5.41) is 12.9. The van der Waals surface area contributed by atoms with Gasteiger partial charge < -0.3 is 15.2 Å². The van der Waals surface area contributed by atoms with Crippen LogP contribution in [0.15, 0.2) is 24.3 Å². The molecule has 0 saturated carbocycles. The maximum absolute atomic E-state index is 9.41. The predicted octanol–water partition coefficient (Wildman–Crippen LogP) is 2.55. The van der Waals surface area contributed by atoms with Crippen LogP contribution < -0.4 is 10.1 Å². The lowest BCUT2D eigenvalue weighted by atomic mass is 9.92. The molecular weight excluding hydrogens is 238 g/mol. The third-order valence-corrected chi connectivity index (χ3v) is 3.71. The molecule has 2 N–H and O–H groups in total. The van der Waals surface area contributed by atoms with E-state index in [2.05, 4.69) is 31.3 Å². The summed E-state index contributed by atoms with van der Waals surface area (Å²) in [5.74, 6) is 2.11. The minimum Gasteiger partial charge on any atom is -0.493 e. The van der Waals surface area contributed by atoms with Gasteiger partial charge in [0.1, 0.15) is 5.75 Å². The summed E-state index contributed by atoms with van der Waals surface area (Å²) < 4.78 is 5.67. The van der Waals surface area contributed by atoms with Crippen LogP contribution in [0.1, 0.15) is 38.2 Å². The maximum Gasteiger partial charge on any atom is 0.122 e. The zero-order chi connectivity index (χ0) is 13.7. The Morgan fingerprint density at radius 3 is 2.89 bits per heavy atom. The first-order valence-electron chi connectivity index (χ1n) is 7.26. The summed E-state index contributed by atoms with van der Waals surface area (Å²) in [6.45, 7) is 6.29. The van der Waals surface area contributed by atoms with E-state index in [9.17, 15) is 5.11 Å². The van der Waals surface area contributed by atoms with Gasteiger partial charge in [-0.25, -0.2) is 0 Å². The van der Waals surface area contributed by atoms with Crippen LogP contribution in [0.3, 0.4) is 0 Å². The van der Waals surface area contributed by atoms with Gasteiger partial charge in [-0.2, -0.15) is 0 Å². The Labute approximate surface area is 116 Å². The molecule has 106 valence electrons. The lowest BCUT2D eigenvalue weighted by Crippen LogP contribution is -2.37. The molecule has 0 fully saturated rings. The number of fused-ring (bicyclic) bond motifs is 1. The van der Waals surface area contributed by atoms with Gasteiger partial charge in [0.25, 0.3) is 0 Å². The highest BCUT2D eigenvalue weighted by atomic mass is 16.5. The molecule has 0 spiro atoms. The van der Waals surface area contributed by atoms with Crippen molar-refractivity contribution in [2.45, 2.75) is 38.6 Å². The van der Waals surface area contributed by atoms with E-state index in [0.29, 0.717) is 11.8 Å². The van der Waals surface area contributed by atoms with Crippen LogP contribution in [-0.2, 0) is 0 Å². The maximum atomic E-state index is 9.41. The molecule has 0 radical (unpaired) electrons. The number of aliphatic hydroxyl groups excluding tert-OH is 1. The minimum absolute atomic E-state index is 0.204. The van der Waals surface area contributed by atoms with Gasteiger partial charge in [-0.05, 0) is 30.4 Å². The van der Waals surface area contributed by atoms with Crippen LogP contribution in [0.4, 0.5) is 0 Å². The van der Waals surface area contributed by atoms with Crippen LogP contribution in [0.2, 0.25) is 0 Å². The number of nitrogens with one attached hydrogen (secondary N) is 1. The van der Waals surface area contributed by atoms with E-state index in [0.717, 1.165) is 31.7 Å². The fourth-order valence-corrected chi connectivity index (χ4v) is 2.73. The quantitative estimate of drug-likeness (QED) is 0.829. The number of para-hydroxylation sites is 1. The molecule has 1 aliphatic rings. The third-order valence-electron chi connectivity index (χ3n) is 3.71. The highest BCUT2D eigenvalue weighted by molar-refractivity contribution is 5.37. The zero-order valence-corrected chi connectivity index (χ0v) is 11.9. The SMILES string of the molecule is CC(C)CC(CO)NCC1CCOc2ccccc21. The monoisotopic (exact) mass is 263 g/mol. The first-order chi connectivity index (χ1) is 9.20. The van der Waals surface area contributed by atoms with Crippen molar-refractivity contribution >= 4 is 0 Å². The van der Waals surface area contributed by atoms with Gasteiger partial charge in [0.05, 0.1) is 13.2 Å². The van der Waals surface area contributed by atoms with Crippen molar-refractivity contribution in [3.05, 3.63) is 29.8 Å². The molecule has 0 amide bonds. The van der Waals surface area contributed by atoms with Gasteiger partial charge in [-0.15, -0.1) is 0 Å². The average molecular weight is 263 g/mol. The van der Waals surface area contributed by atoms with Crippen molar-refractivity contribution < 1.29 is 9.84 Å². The molecule has 2 unspecified atom stereocenters. The predicted molar refractivity (Wildman–Crippen MR) is 77.6 cm³/mol. The van der Waals surface area contributed by atoms with Gasteiger partial charge in [-0.3, -0.25) is 0 Å². The van der Waals surface area contributed by atoms with E-state index < -0.39 is 0 Å². The third kappa shape index (κ3) is 3.95. The normalized spacial score (nSPS) is 19.9. The van der Waals surface area contributed by atoms with Crippen molar-refractivity contribution in [2.75, 3.05) is 19.8 Å². The van der Waals surface area contributed by atoms with E-state index in [1.807, 2.05) is 12.1 Å². The fraction of sp³-hybridized carbons (Fsp3) is 0.625. The van der Waals surface area contributed by atoms with Crippen molar-refractivity contribution in [3.8, 4) is 5.75 Å². The molecule has 0 saturated heterocycles. The van der Waals surface area contributed by atoms with Crippen molar-refractivity contribution in [3.63, 3.8) is 0 Å². The summed E-state index contributed by atoms with van der Waals surface area (Å²) in [6.07, 6.45) is 2.06. The molecule has 0 aliphatic carbocycles. The number of hydrogen-bond acceptors (Lipinski definition) is 3. The second-order valence-corrected chi connectivity index (χ2v) is 5.79. The lowest BCUT2D eigenvalue weighted by molar-refractivity contribution is 0.214. The first-order valence-corrected chi connectivity index (χ1v) is 7.26. The topological polar surface area (TPSA) is 41.5 Å². The molecule has 1 aromatic carbocycles. The molecular formula is C16H25NO2. The van der Waals surface area contributed by atoms with Crippen molar-refractivity contribution in [2.24, 2.45) is 5.92 Å². The van der Waals surface area contributed by atoms with Gasteiger partial charge in [0, 0.05) is 18.5 Å². The van der Waals surface area contributed by atoms with E-state index in [-0.39, 0.29) is 12.6 Å². The van der Waals surface area contributed by atoms with E-state index in [4.69, 9.17) is 4.74 Å². The standard InChI is InChI=1S/C16H25NO2/c1-12(2)9-14(11-18)17-10-13-7-8-19-16-6-4-3-5-15(13)16/h3-6,12-14,17-18H,7-11H2,1-2H3. The van der Waals surface area contributed by atoms with E-state index in [1.54, 1.807) is 0 Å². The van der Waals surface area contributed by atoms with Gasteiger partial charge >= 0.3 is 0 Å². The summed E-state index contributed by atoms with van der Waals surface area (Å²) >= 11 is 0. The molecule has 19 heavy (non-hydrogen) atoms. The molecule has 3 heteroatoms. The van der Waals surface area contributed by atoms with Crippen LogP contribution in [0.25, 0.3) is 0 Å². The van der Waals surface area contributed by atoms with Crippen molar-refractivity contribution in [1.82, 2.24) is 5.32 Å². The Morgan fingerprint density at radius 1 is 1.37 bits per heavy atom. The van der Waals surface area contributed by atoms with Crippen LogP contribution >= 0.6 is 0 Å². The Balaban J connectivity index is 1.93. The average Bonchev–Trinajstić information content (AvgIpc) is 2.43. The molecule has 1 heterocycles. The molecule has 0 aromatic heterocycles. The Hall–Kier alpha value is -1.06. The largest absolute Gasteiger partial charge is 0.493 e.